The molecule has 126 valence electrons. The van der Waals surface area contributed by atoms with E-state index in [2.05, 4.69) is 15.1 Å². The molecule has 0 aromatic heterocycles. The van der Waals surface area contributed by atoms with Crippen LogP contribution in [0.2, 0.25) is 0 Å². The summed E-state index contributed by atoms with van der Waals surface area (Å²) in [5.41, 5.74) is 1.03. The molecule has 0 spiro atoms. The third kappa shape index (κ3) is 4.42. The summed E-state index contributed by atoms with van der Waals surface area (Å²) < 4.78 is 13.0. The van der Waals surface area contributed by atoms with E-state index >= 15 is 0 Å². The molecule has 6 heteroatoms. The number of benzene rings is 1. The number of hydrogen-bond acceptors (Lipinski definition) is 4. The van der Waals surface area contributed by atoms with Crippen molar-refractivity contribution in [1.29, 1.82) is 0 Å². The Morgan fingerprint density at radius 1 is 1.00 bits per heavy atom. The summed E-state index contributed by atoms with van der Waals surface area (Å²) in [5.74, 6) is 0.0396. The maximum atomic E-state index is 13.0. The van der Waals surface area contributed by atoms with Gasteiger partial charge in [0.25, 0.3) is 0 Å². The van der Waals surface area contributed by atoms with Crippen molar-refractivity contribution in [2.75, 3.05) is 63.8 Å². The zero-order chi connectivity index (χ0) is 16.1. The minimum absolute atomic E-state index is 0.213. The second-order valence-corrected chi connectivity index (χ2v) is 6.19. The molecule has 0 bridgehead atoms. The highest BCUT2D eigenvalue weighted by molar-refractivity contribution is 5.76. The van der Waals surface area contributed by atoms with E-state index in [1.165, 1.54) is 12.1 Å². The first kappa shape index (κ1) is 16.2. The van der Waals surface area contributed by atoms with Gasteiger partial charge in [0.05, 0.1) is 0 Å². The third-order valence-corrected chi connectivity index (χ3v) is 4.68. The molecular formula is C17H25FN4O. The van der Waals surface area contributed by atoms with Crippen molar-refractivity contribution < 1.29 is 9.18 Å². The molecule has 2 aliphatic heterocycles. The van der Waals surface area contributed by atoms with E-state index in [1.807, 2.05) is 4.90 Å². The summed E-state index contributed by atoms with van der Waals surface area (Å²) in [4.78, 5) is 18.9. The predicted octanol–water partition coefficient (Wildman–Crippen LogP) is 0.770. The van der Waals surface area contributed by atoms with Gasteiger partial charge < -0.3 is 20.0 Å². The quantitative estimate of drug-likeness (QED) is 0.889. The summed E-state index contributed by atoms with van der Waals surface area (Å²) in [5, 5.41) is 3.32. The van der Waals surface area contributed by atoms with E-state index in [0.717, 1.165) is 64.6 Å². The third-order valence-electron chi connectivity index (χ3n) is 4.68. The Bertz CT molecular complexity index is 508. The SMILES string of the molecule is O=C(CCN1CCNCC1)N1CCN(c2ccc(F)cc2)CC1. The van der Waals surface area contributed by atoms with Crippen molar-refractivity contribution in [3.8, 4) is 0 Å². The van der Waals surface area contributed by atoms with Crippen molar-refractivity contribution in [1.82, 2.24) is 15.1 Å². The van der Waals surface area contributed by atoms with Gasteiger partial charge in [0, 0.05) is 71.0 Å². The zero-order valence-corrected chi connectivity index (χ0v) is 13.5. The van der Waals surface area contributed by atoms with Crippen molar-refractivity contribution in [3.05, 3.63) is 30.1 Å². The maximum Gasteiger partial charge on any atom is 0.223 e. The first-order valence-corrected chi connectivity index (χ1v) is 8.44. The zero-order valence-electron chi connectivity index (χ0n) is 13.5. The molecule has 2 heterocycles. The van der Waals surface area contributed by atoms with E-state index in [4.69, 9.17) is 0 Å². The molecule has 0 saturated carbocycles. The smallest absolute Gasteiger partial charge is 0.223 e. The minimum atomic E-state index is -0.213. The molecule has 23 heavy (non-hydrogen) atoms. The van der Waals surface area contributed by atoms with Gasteiger partial charge in [-0.3, -0.25) is 4.79 Å². The second-order valence-electron chi connectivity index (χ2n) is 6.19. The normalized spacial score (nSPS) is 19.9. The topological polar surface area (TPSA) is 38.8 Å². The maximum absolute atomic E-state index is 13.0. The van der Waals surface area contributed by atoms with Crippen LogP contribution in [0.1, 0.15) is 6.42 Å². The van der Waals surface area contributed by atoms with Crippen LogP contribution in [-0.2, 0) is 4.79 Å². The molecule has 2 fully saturated rings. The number of anilines is 1. The summed E-state index contributed by atoms with van der Waals surface area (Å²) in [6, 6.07) is 6.58. The number of amides is 1. The highest BCUT2D eigenvalue weighted by Crippen LogP contribution is 2.17. The fourth-order valence-corrected chi connectivity index (χ4v) is 3.21. The van der Waals surface area contributed by atoms with Crippen LogP contribution >= 0.6 is 0 Å². The van der Waals surface area contributed by atoms with E-state index in [-0.39, 0.29) is 11.7 Å². The molecule has 3 rings (SSSR count). The number of hydrogen-bond donors (Lipinski definition) is 1. The lowest BCUT2D eigenvalue weighted by Gasteiger charge is -2.36. The van der Waals surface area contributed by atoms with Crippen LogP contribution < -0.4 is 10.2 Å². The van der Waals surface area contributed by atoms with Gasteiger partial charge in [0.15, 0.2) is 0 Å². The van der Waals surface area contributed by atoms with Crippen molar-refractivity contribution >= 4 is 11.6 Å². The number of rotatable bonds is 4. The number of nitrogens with zero attached hydrogens (tertiary/aromatic N) is 3. The van der Waals surface area contributed by atoms with E-state index < -0.39 is 0 Å². The van der Waals surface area contributed by atoms with Gasteiger partial charge in [0.2, 0.25) is 5.91 Å². The fourth-order valence-electron chi connectivity index (χ4n) is 3.21. The first-order valence-electron chi connectivity index (χ1n) is 8.44. The van der Waals surface area contributed by atoms with E-state index in [0.29, 0.717) is 6.42 Å². The highest BCUT2D eigenvalue weighted by Gasteiger charge is 2.22. The van der Waals surface area contributed by atoms with Gasteiger partial charge in [-0.15, -0.1) is 0 Å². The van der Waals surface area contributed by atoms with Gasteiger partial charge in [-0.25, -0.2) is 4.39 Å². The van der Waals surface area contributed by atoms with Gasteiger partial charge in [-0.1, -0.05) is 0 Å². The van der Waals surface area contributed by atoms with Gasteiger partial charge in [-0.05, 0) is 24.3 Å². The number of nitrogens with one attached hydrogen (secondary N) is 1. The molecule has 5 nitrogen and oxygen atoms in total. The predicted molar refractivity (Wildman–Crippen MR) is 89.1 cm³/mol. The lowest BCUT2D eigenvalue weighted by molar-refractivity contribution is -0.131. The monoisotopic (exact) mass is 320 g/mol. The number of piperazine rings is 2. The van der Waals surface area contributed by atoms with Crippen LogP contribution in [0.3, 0.4) is 0 Å². The summed E-state index contributed by atoms with van der Waals surface area (Å²) in [6.07, 6.45) is 0.608. The van der Waals surface area contributed by atoms with Gasteiger partial charge >= 0.3 is 0 Å². The Hall–Kier alpha value is -1.66. The van der Waals surface area contributed by atoms with Gasteiger partial charge in [0.1, 0.15) is 5.82 Å². The fraction of sp³-hybridized carbons (Fsp3) is 0.588. The van der Waals surface area contributed by atoms with Crippen molar-refractivity contribution in [2.45, 2.75) is 6.42 Å². The van der Waals surface area contributed by atoms with Crippen molar-refractivity contribution in [3.63, 3.8) is 0 Å². The molecule has 1 aromatic carbocycles. The van der Waals surface area contributed by atoms with Crippen LogP contribution in [0.4, 0.5) is 10.1 Å². The minimum Gasteiger partial charge on any atom is -0.368 e. The summed E-state index contributed by atoms with van der Waals surface area (Å²) >= 11 is 0. The molecule has 0 atom stereocenters. The van der Waals surface area contributed by atoms with Crippen molar-refractivity contribution in [2.24, 2.45) is 0 Å². The Labute approximate surface area is 137 Å². The molecule has 1 N–H and O–H groups in total. The lowest BCUT2D eigenvalue weighted by atomic mass is 10.2. The standard InChI is InChI=1S/C17H25FN4O/c18-15-1-3-16(4-2-15)21-11-13-22(14-12-21)17(23)5-8-20-9-6-19-7-10-20/h1-4,19H,5-14H2. The van der Waals surface area contributed by atoms with Crippen LogP contribution in [0.15, 0.2) is 24.3 Å². The van der Waals surface area contributed by atoms with Crippen LogP contribution in [0.5, 0.6) is 0 Å². The molecule has 0 unspecified atom stereocenters. The molecule has 2 saturated heterocycles. The second kappa shape index (κ2) is 7.75. The highest BCUT2D eigenvalue weighted by atomic mass is 19.1. The van der Waals surface area contributed by atoms with Crippen LogP contribution in [0.25, 0.3) is 0 Å². The molecule has 1 aromatic rings. The number of carbonyl (C=O) groups is 1. The van der Waals surface area contributed by atoms with Crippen LogP contribution in [-0.4, -0.2) is 74.6 Å². The Balaban J connectivity index is 1.42. The molecule has 1 amide bonds. The first-order chi connectivity index (χ1) is 11.2. The summed E-state index contributed by atoms with van der Waals surface area (Å²) in [6.45, 7) is 8.08. The Morgan fingerprint density at radius 3 is 2.30 bits per heavy atom. The summed E-state index contributed by atoms with van der Waals surface area (Å²) in [7, 11) is 0. The van der Waals surface area contributed by atoms with E-state index in [1.54, 1.807) is 12.1 Å². The molecule has 2 aliphatic rings. The Kier molecular flexibility index (Phi) is 5.46. The largest absolute Gasteiger partial charge is 0.368 e. The molecular weight excluding hydrogens is 295 g/mol. The van der Waals surface area contributed by atoms with Crippen LogP contribution in [0, 0.1) is 5.82 Å². The number of halogens is 1. The lowest BCUT2D eigenvalue weighted by Crippen LogP contribution is -2.50. The molecule has 0 aliphatic carbocycles. The van der Waals surface area contributed by atoms with Gasteiger partial charge in [-0.2, -0.15) is 0 Å². The van der Waals surface area contributed by atoms with E-state index in [9.17, 15) is 9.18 Å². The molecule has 0 radical (unpaired) electrons. The average molecular weight is 320 g/mol. The average Bonchev–Trinajstić information content (AvgIpc) is 2.61. The Morgan fingerprint density at radius 2 is 1.65 bits per heavy atom. The number of carbonyl (C=O) groups excluding carboxylic acids is 1.